The number of nitrogens with one attached hydrogen (secondary N) is 1. The minimum absolute atomic E-state index is 0.113. The molecule has 25 heavy (non-hydrogen) atoms. The Balaban J connectivity index is 1.61. The number of para-hydroxylation sites is 1. The van der Waals surface area contributed by atoms with Crippen LogP contribution in [-0.2, 0) is 4.74 Å². The molecule has 1 atom stereocenters. The zero-order valence-electron chi connectivity index (χ0n) is 14.3. The number of hydrogen-bond donors (Lipinski definition) is 1. The zero-order chi connectivity index (χ0) is 17.6. The summed E-state index contributed by atoms with van der Waals surface area (Å²) in [5.41, 5.74) is 1.91. The van der Waals surface area contributed by atoms with Gasteiger partial charge < -0.3 is 15.0 Å². The van der Waals surface area contributed by atoms with E-state index in [1.165, 1.54) is 0 Å². The lowest BCUT2D eigenvalue weighted by molar-refractivity contribution is 0.0857. The van der Waals surface area contributed by atoms with Crippen LogP contribution in [0.1, 0.15) is 33.6 Å². The van der Waals surface area contributed by atoms with Crippen molar-refractivity contribution >= 4 is 17.5 Å². The number of carbonyl (C=O) groups is 2. The van der Waals surface area contributed by atoms with Gasteiger partial charge in [0.2, 0.25) is 0 Å². The van der Waals surface area contributed by atoms with Gasteiger partial charge in [0.15, 0.2) is 0 Å². The molecule has 3 rings (SSSR count). The minimum atomic E-state index is -0.147. The molecule has 2 aromatic carbocycles. The first-order valence-electron chi connectivity index (χ1n) is 8.48. The van der Waals surface area contributed by atoms with Crippen LogP contribution < -0.4 is 10.2 Å². The quantitative estimate of drug-likeness (QED) is 0.912. The van der Waals surface area contributed by atoms with Crippen LogP contribution in [0.2, 0.25) is 0 Å². The molecule has 1 N–H and O–H groups in total. The average Bonchev–Trinajstić information content (AvgIpc) is 3.19. The maximum Gasteiger partial charge on any atom is 0.258 e. The van der Waals surface area contributed by atoms with Crippen molar-refractivity contribution < 1.29 is 14.3 Å². The Morgan fingerprint density at radius 2 is 1.76 bits per heavy atom. The molecule has 0 radical (unpaired) electrons. The van der Waals surface area contributed by atoms with Gasteiger partial charge in [-0.2, -0.15) is 0 Å². The molecule has 1 fully saturated rings. The fraction of sp³-hybridized carbons (Fsp3) is 0.300. The third-order valence-electron chi connectivity index (χ3n) is 4.36. The van der Waals surface area contributed by atoms with Gasteiger partial charge in [-0.15, -0.1) is 0 Å². The lowest BCUT2D eigenvalue weighted by atomic mass is 10.1. The van der Waals surface area contributed by atoms with E-state index < -0.39 is 0 Å². The van der Waals surface area contributed by atoms with Crippen molar-refractivity contribution in [2.24, 2.45) is 0 Å². The van der Waals surface area contributed by atoms with Gasteiger partial charge >= 0.3 is 0 Å². The first-order chi connectivity index (χ1) is 12.1. The Morgan fingerprint density at radius 3 is 2.40 bits per heavy atom. The molecule has 1 aliphatic heterocycles. The molecule has 2 aromatic rings. The molecule has 2 amide bonds. The molecule has 1 unspecified atom stereocenters. The molecule has 1 aliphatic rings. The fourth-order valence-electron chi connectivity index (χ4n) is 2.84. The van der Waals surface area contributed by atoms with Crippen molar-refractivity contribution in [3.05, 3.63) is 65.7 Å². The smallest absolute Gasteiger partial charge is 0.258 e. The highest BCUT2D eigenvalue weighted by molar-refractivity contribution is 6.06. The molecule has 130 valence electrons. The maximum atomic E-state index is 12.5. The van der Waals surface area contributed by atoms with E-state index in [-0.39, 0.29) is 17.9 Å². The van der Waals surface area contributed by atoms with Gasteiger partial charge in [-0.3, -0.25) is 9.59 Å². The largest absolute Gasteiger partial charge is 0.376 e. The van der Waals surface area contributed by atoms with Gasteiger partial charge in [-0.25, -0.2) is 0 Å². The molecule has 0 aliphatic carbocycles. The molecular weight excluding hydrogens is 316 g/mol. The van der Waals surface area contributed by atoms with Crippen molar-refractivity contribution in [3.63, 3.8) is 0 Å². The zero-order valence-corrected chi connectivity index (χ0v) is 14.3. The topological polar surface area (TPSA) is 58.6 Å². The third kappa shape index (κ3) is 4.25. The van der Waals surface area contributed by atoms with E-state index in [0.717, 1.165) is 25.1 Å². The second-order valence-electron chi connectivity index (χ2n) is 6.12. The van der Waals surface area contributed by atoms with E-state index in [4.69, 9.17) is 4.74 Å². The molecule has 1 heterocycles. The Morgan fingerprint density at radius 1 is 1.08 bits per heavy atom. The number of nitrogens with zero attached hydrogens (tertiary/aromatic N) is 1. The van der Waals surface area contributed by atoms with E-state index >= 15 is 0 Å². The Hall–Kier alpha value is -2.66. The van der Waals surface area contributed by atoms with Gasteiger partial charge in [0, 0.05) is 37.0 Å². The summed E-state index contributed by atoms with van der Waals surface area (Å²) in [6.45, 7) is 1.29. The van der Waals surface area contributed by atoms with Crippen LogP contribution in [0, 0.1) is 0 Å². The van der Waals surface area contributed by atoms with Crippen molar-refractivity contribution in [1.82, 2.24) is 5.32 Å². The fourth-order valence-corrected chi connectivity index (χ4v) is 2.84. The summed E-state index contributed by atoms with van der Waals surface area (Å²) in [5, 5.41) is 2.88. The number of benzene rings is 2. The second kappa shape index (κ2) is 7.94. The molecule has 5 nitrogen and oxygen atoms in total. The van der Waals surface area contributed by atoms with Gasteiger partial charge in [0.25, 0.3) is 11.8 Å². The predicted molar refractivity (Wildman–Crippen MR) is 96.9 cm³/mol. The van der Waals surface area contributed by atoms with Crippen LogP contribution in [0.15, 0.2) is 54.6 Å². The lowest BCUT2D eigenvalue weighted by Gasteiger charge is -2.17. The summed E-state index contributed by atoms with van der Waals surface area (Å²) < 4.78 is 5.49. The highest BCUT2D eigenvalue weighted by atomic mass is 16.5. The summed E-state index contributed by atoms with van der Waals surface area (Å²) in [6.07, 6.45) is 2.15. The second-order valence-corrected chi connectivity index (χ2v) is 6.12. The van der Waals surface area contributed by atoms with Gasteiger partial charge in [0.05, 0.1) is 6.10 Å². The van der Waals surface area contributed by atoms with Crippen LogP contribution in [0.25, 0.3) is 0 Å². The first-order valence-corrected chi connectivity index (χ1v) is 8.48. The van der Waals surface area contributed by atoms with E-state index in [1.54, 1.807) is 36.2 Å². The van der Waals surface area contributed by atoms with Crippen LogP contribution in [-0.4, -0.2) is 38.1 Å². The summed E-state index contributed by atoms with van der Waals surface area (Å²) in [6, 6.07) is 16.2. The van der Waals surface area contributed by atoms with E-state index in [9.17, 15) is 9.59 Å². The monoisotopic (exact) mass is 338 g/mol. The Kier molecular flexibility index (Phi) is 5.46. The van der Waals surface area contributed by atoms with Crippen LogP contribution in [0.3, 0.4) is 0 Å². The van der Waals surface area contributed by atoms with Crippen molar-refractivity contribution in [3.8, 4) is 0 Å². The average molecular weight is 338 g/mol. The molecule has 0 bridgehead atoms. The van der Waals surface area contributed by atoms with Crippen molar-refractivity contribution in [2.75, 3.05) is 25.1 Å². The van der Waals surface area contributed by atoms with Crippen LogP contribution in [0.5, 0.6) is 0 Å². The van der Waals surface area contributed by atoms with Crippen LogP contribution >= 0.6 is 0 Å². The summed E-state index contributed by atoms with van der Waals surface area (Å²) in [5.74, 6) is -0.261. The summed E-state index contributed by atoms with van der Waals surface area (Å²) in [7, 11) is 1.74. The predicted octanol–water partition coefficient (Wildman–Crippen LogP) is 2.87. The number of ether oxygens (including phenoxy) is 1. The van der Waals surface area contributed by atoms with Gasteiger partial charge in [-0.05, 0) is 49.2 Å². The number of anilines is 1. The summed E-state index contributed by atoms with van der Waals surface area (Å²) >= 11 is 0. The van der Waals surface area contributed by atoms with Crippen molar-refractivity contribution in [1.29, 1.82) is 0 Å². The minimum Gasteiger partial charge on any atom is -0.376 e. The van der Waals surface area contributed by atoms with Crippen LogP contribution in [0.4, 0.5) is 5.69 Å². The SMILES string of the molecule is CN(C(=O)c1ccc(C(=O)NCC2CCCO2)cc1)c1ccccc1. The standard InChI is InChI=1S/C20H22N2O3/c1-22(17-6-3-2-4-7-17)20(24)16-11-9-15(10-12-16)19(23)21-14-18-8-5-13-25-18/h2-4,6-7,9-12,18H,5,8,13-14H2,1H3,(H,21,23). The molecule has 5 heteroatoms. The molecule has 0 aromatic heterocycles. The number of hydrogen-bond acceptors (Lipinski definition) is 3. The van der Waals surface area contributed by atoms with E-state index in [0.29, 0.717) is 17.7 Å². The molecular formula is C20H22N2O3. The molecule has 0 spiro atoms. The number of amides is 2. The normalized spacial score (nSPS) is 16.4. The molecule has 1 saturated heterocycles. The van der Waals surface area contributed by atoms with Gasteiger partial charge in [0.1, 0.15) is 0 Å². The van der Waals surface area contributed by atoms with Crippen molar-refractivity contribution in [2.45, 2.75) is 18.9 Å². The van der Waals surface area contributed by atoms with E-state index in [1.807, 2.05) is 30.3 Å². The Labute approximate surface area is 147 Å². The first kappa shape index (κ1) is 17.2. The highest BCUT2D eigenvalue weighted by Crippen LogP contribution is 2.15. The number of carbonyl (C=O) groups excluding carboxylic acids is 2. The lowest BCUT2D eigenvalue weighted by Crippen LogP contribution is -2.31. The molecule has 0 saturated carbocycles. The van der Waals surface area contributed by atoms with Gasteiger partial charge in [-0.1, -0.05) is 18.2 Å². The highest BCUT2D eigenvalue weighted by Gasteiger charge is 2.17. The van der Waals surface area contributed by atoms with E-state index in [2.05, 4.69) is 5.32 Å². The Bertz CT molecular complexity index is 722. The summed E-state index contributed by atoms with van der Waals surface area (Å²) in [4.78, 5) is 26.3. The third-order valence-corrected chi connectivity index (χ3v) is 4.36. The maximum absolute atomic E-state index is 12.5. The number of rotatable bonds is 5.